The van der Waals surface area contributed by atoms with E-state index < -0.39 is 0 Å². The summed E-state index contributed by atoms with van der Waals surface area (Å²) >= 11 is 0. The predicted octanol–water partition coefficient (Wildman–Crippen LogP) is 13.0. The van der Waals surface area contributed by atoms with Crippen LogP contribution in [0.15, 0.2) is 0 Å². The van der Waals surface area contributed by atoms with Gasteiger partial charge in [0.1, 0.15) is 13.2 Å². The largest absolute Gasteiger partial charge is 0.464 e. The number of nitrogens with one attached hydrogen (secondary N) is 1. The molecule has 58 heavy (non-hydrogen) atoms. The van der Waals surface area contributed by atoms with Gasteiger partial charge < -0.3 is 19.3 Å². The van der Waals surface area contributed by atoms with Gasteiger partial charge in [-0.05, 0) is 39.0 Å². The summed E-state index contributed by atoms with van der Waals surface area (Å²) in [7, 11) is 2.07. The second kappa shape index (κ2) is 42.1. The second-order valence-electron chi connectivity index (χ2n) is 18.0. The summed E-state index contributed by atoms with van der Waals surface area (Å²) in [5, 5.41) is 0. The first-order valence-electron chi connectivity index (χ1n) is 25.7. The molecule has 0 aliphatic rings. The second-order valence-corrected chi connectivity index (χ2v) is 18.0. The normalized spacial score (nSPS) is 12.6. The van der Waals surface area contributed by atoms with Crippen molar-refractivity contribution in [3.8, 4) is 0 Å². The summed E-state index contributed by atoms with van der Waals surface area (Å²) in [5.41, 5.74) is 0. The Morgan fingerprint density at radius 3 is 0.983 bits per heavy atom. The van der Waals surface area contributed by atoms with Gasteiger partial charge in [0.05, 0.1) is 38.5 Å². The molecule has 0 aromatic carbocycles. The summed E-state index contributed by atoms with van der Waals surface area (Å²) in [6.45, 7) is 15.1. The monoisotopic (exact) mass is 822 g/mol. The highest BCUT2D eigenvalue weighted by molar-refractivity contribution is 5.80. The number of ether oxygens (including phenoxy) is 2. The molecule has 1 N–H and O–H groups in total. The minimum Gasteiger partial charge on any atom is -0.464 e. The highest BCUT2D eigenvalue weighted by Gasteiger charge is 2.28. The Morgan fingerprint density at radius 1 is 0.431 bits per heavy atom. The van der Waals surface area contributed by atoms with Crippen molar-refractivity contribution in [1.82, 2.24) is 4.90 Å². The van der Waals surface area contributed by atoms with Gasteiger partial charge in [-0.2, -0.15) is 0 Å². The van der Waals surface area contributed by atoms with E-state index in [1.807, 2.05) is 6.92 Å². The molecule has 7 nitrogen and oxygen atoms in total. The molecule has 0 aliphatic heterocycles. The van der Waals surface area contributed by atoms with Crippen molar-refractivity contribution in [2.75, 3.05) is 39.9 Å². The lowest BCUT2D eigenvalue weighted by atomic mass is 9.94. The zero-order chi connectivity index (χ0) is 42.9. The van der Waals surface area contributed by atoms with Gasteiger partial charge in [0.25, 0.3) is 5.91 Å². The first kappa shape index (κ1) is 56.4. The van der Waals surface area contributed by atoms with E-state index in [4.69, 9.17) is 9.47 Å². The van der Waals surface area contributed by atoms with Crippen molar-refractivity contribution in [3.63, 3.8) is 0 Å². The van der Waals surface area contributed by atoms with Crippen LogP contribution in [0, 0.1) is 11.8 Å². The van der Waals surface area contributed by atoms with Crippen LogP contribution in [0.4, 0.5) is 0 Å². The van der Waals surface area contributed by atoms with Crippen molar-refractivity contribution < 1.29 is 28.8 Å². The van der Waals surface area contributed by atoms with Gasteiger partial charge in [-0.25, -0.2) is 0 Å². The Balaban J connectivity index is 5.43. The van der Waals surface area contributed by atoms with Crippen molar-refractivity contribution in [1.29, 1.82) is 0 Å². The molecule has 0 rings (SSSR count). The van der Waals surface area contributed by atoms with Gasteiger partial charge >= 0.3 is 11.9 Å². The standard InChI is InChI=1S/C51H100N2O5/c1-8-13-17-21-25-29-33-37-47(38-34-30-26-22-18-14-9-2)50(55)57-44-42-53(49(54)46(6)52(7)41-12-5)43-45-58-51(56)48(39-35-31-27-23-19-15-10-3)40-36-32-28-24-20-16-11-4/h46-48H,8-45H2,1-7H3/p+1. The number of esters is 2. The van der Waals surface area contributed by atoms with E-state index >= 15 is 0 Å². The molecular weight excluding hydrogens is 721 g/mol. The third-order valence-electron chi connectivity index (χ3n) is 12.6. The minimum absolute atomic E-state index is 0.0310. The fraction of sp³-hybridized carbons (Fsp3) is 0.941. The fourth-order valence-corrected chi connectivity index (χ4v) is 8.33. The van der Waals surface area contributed by atoms with E-state index in [9.17, 15) is 14.4 Å². The van der Waals surface area contributed by atoms with E-state index in [0.717, 1.165) is 64.3 Å². The predicted molar refractivity (Wildman–Crippen MR) is 247 cm³/mol. The quantitative estimate of drug-likeness (QED) is 0.0489. The van der Waals surface area contributed by atoms with E-state index in [-0.39, 0.29) is 48.9 Å². The number of nitrogens with zero attached hydrogens (tertiary/aromatic N) is 1. The Labute approximate surface area is 361 Å². The zero-order valence-corrected chi connectivity index (χ0v) is 40.1. The molecule has 0 spiro atoms. The molecule has 0 aromatic rings. The van der Waals surface area contributed by atoms with Gasteiger partial charge in [-0.3, -0.25) is 14.4 Å². The average molecular weight is 822 g/mol. The number of rotatable bonds is 44. The van der Waals surface area contributed by atoms with E-state index in [2.05, 4.69) is 41.7 Å². The minimum atomic E-state index is -0.226. The SMILES string of the molecule is CCCCCCCCCC(CCCCCCCCC)C(=O)OCCN(CCOC(=O)C(CCCCCCCCC)CCCCCCCCC)C(=O)C(C)[NH+](C)CCC. The first-order chi connectivity index (χ1) is 28.3. The Hall–Kier alpha value is -1.63. The van der Waals surface area contributed by atoms with Gasteiger partial charge in [-0.1, -0.05) is 214 Å². The molecule has 0 fully saturated rings. The Kier molecular flexibility index (Phi) is 40.9. The molecule has 7 heteroatoms. The number of quaternary nitrogens is 1. The summed E-state index contributed by atoms with van der Waals surface area (Å²) in [4.78, 5) is 43.9. The molecule has 2 atom stereocenters. The molecule has 0 saturated heterocycles. The molecule has 344 valence electrons. The molecule has 1 amide bonds. The molecule has 0 saturated carbocycles. The summed E-state index contributed by atoms with van der Waals surface area (Å²) in [6, 6.07) is -0.226. The van der Waals surface area contributed by atoms with Crippen LogP contribution in [0.5, 0.6) is 0 Å². The molecule has 0 aromatic heterocycles. The van der Waals surface area contributed by atoms with Crippen molar-refractivity contribution >= 4 is 17.8 Å². The van der Waals surface area contributed by atoms with E-state index in [1.165, 1.54) is 159 Å². The van der Waals surface area contributed by atoms with Crippen molar-refractivity contribution in [3.05, 3.63) is 0 Å². The van der Waals surface area contributed by atoms with Crippen LogP contribution in [0.25, 0.3) is 0 Å². The molecule has 0 aliphatic carbocycles. The van der Waals surface area contributed by atoms with E-state index in [0.29, 0.717) is 13.1 Å². The molecular formula is C51H101N2O5+. The van der Waals surface area contributed by atoms with Crippen LogP contribution in [0.1, 0.15) is 253 Å². The average Bonchev–Trinajstić information content (AvgIpc) is 3.22. The molecule has 2 unspecified atom stereocenters. The van der Waals surface area contributed by atoms with Crippen LogP contribution in [0.2, 0.25) is 0 Å². The smallest absolute Gasteiger partial charge is 0.308 e. The van der Waals surface area contributed by atoms with Crippen LogP contribution < -0.4 is 4.90 Å². The van der Waals surface area contributed by atoms with Gasteiger partial charge in [0.2, 0.25) is 0 Å². The maximum Gasteiger partial charge on any atom is 0.308 e. The van der Waals surface area contributed by atoms with Crippen molar-refractivity contribution in [2.24, 2.45) is 11.8 Å². The lowest BCUT2D eigenvalue weighted by molar-refractivity contribution is -0.894. The lowest BCUT2D eigenvalue weighted by Crippen LogP contribution is -3.14. The zero-order valence-electron chi connectivity index (χ0n) is 40.1. The Morgan fingerprint density at radius 2 is 0.707 bits per heavy atom. The number of carbonyl (C=O) groups is 3. The highest BCUT2D eigenvalue weighted by Crippen LogP contribution is 2.23. The molecule has 0 heterocycles. The third-order valence-corrected chi connectivity index (χ3v) is 12.6. The number of hydrogen-bond donors (Lipinski definition) is 1. The maximum absolute atomic E-state index is 13.9. The fourth-order valence-electron chi connectivity index (χ4n) is 8.33. The number of unbranched alkanes of at least 4 members (excludes halogenated alkanes) is 24. The molecule has 0 radical (unpaired) electrons. The topological polar surface area (TPSA) is 77.3 Å². The maximum atomic E-state index is 13.9. The number of carbonyl (C=O) groups excluding carboxylic acids is 3. The lowest BCUT2D eigenvalue weighted by Gasteiger charge is -2.28. The van der Waals surface area contributed by atoms with Gasteiger partial charge in [-0.15, -0.1) is 0 Å². The van der Waals surface area contributed by atoms with Crippen LogP contribution in [-0.4, -0.2) is 68.7 Å². The van der Waals surface area contributed by atoms with Crippen LogP contribution in [-0.2, 0) is 23.9 Å². The first-order valence-corrected chi connectivity index (χ1v) is 25.7. The number of hydrogen-bond acceptors (Lipinski definition) is 5. The third kappa shape index (κ3) is 32.2. The molecule has 0 bridgehead atoms. The van der Waals surface area contributed by atoms with Crippen molar-refractivity contribution in [2.45, 2.75) is 259 Å². The van der Waals surface area contributed by atoms with Crippen LogP contribution in [0.3, 0.4) is 0 Å². The summed E-state index contributed by atoms with van der Waals surface area (Å²) in [6.07, 6.45) is 39.2. The van der Waals surface area contributed by atoms with Crippen LogP contribution >= 0.6 is 0 Å². The van der Waals surface area contributed by atoms with E-state index in [1.54, 1.807) is 4.90 Å². The van der Waals surface area contributed by atoms with Gasteiger partial charge in [0.15, 0.2) is 6.04 Å². The summed E-state index contributed by atoms with van der Waals surface area (Å²) in [5.74, 6) is -0.309. The Bertz CT molecular complexity index is 835. The van der Waals surface area contributed by atoms with Gasteiger partial charge in [0, 0.05) is 0 Å². The number of amides is 1. The number of likely N-dealkylation sites (N-methyl/N-ethyl adjacent to an activating group) is 1. The summed E-state index contributed by atoms with van der Waals surface area (Å²) < 4.78 is 12.0. The highest BCUT2D eigenvalue weighted by atomic mass is 16.5.